The zero-order chi connectivity index (χ0) is 19.5. The molecule has 0 spiro atoms. The Bertz CT molecular complexity index is 951. The number of likely N-dealkylation sites (tertiary alicyclic amines) is 1. The highest BCUT2D eigenvalue weighted by Gasteiger charge is 2.29. The number of benzene rings is 2. The van der Waals surface area contributed by atoms with Gasteiger partial charge in [0.15, 0.2) is 0 Å². The molecule has 28 heavy (non-hydrogen) atoms. The van der Waals surface area contributed by atoms with Crippen molar-refractivity contribution in [3.8, 4) is 11.4 Å². The Morgan fingerprint density at radius 2 is 1.93 bits per heavy atom. The van der Waals surface area contributed by atoms with Crippen LogP contribution in [0.2, 0.25) is 0 Å². The number of aryl methyl sites for hydroxylation is 1. The third-order valence-corrected chi connectivity index (χ3v) is 5.21. The number of amides is 1. The summed E-state index contributed by atoms with van der Waals surface area (Å²) in [4.78, 5) is 19.2. The summed E-state index contributed by atoms with van der Waals surface area (Å²) in [6, 6.07) is 13.8. The van der Waals surface area contributed by atoms with Crippen molar-refractivity contribution in [3.63, 3.8) is 0 Å². The minimum atomic E-state index is -0.305. The van der Waals surface area contributed by atoms with E-state index in [0.29, 0.717) is 29.4 Å². The van der Waals surface area contributed by atoms with Crippen molar-refractivity contribution in [3.05, 3.63) is 71.4 Å². The number of nitrogens with zero attached hydrogens (tertiary/aromatic N) is 3. The van der Waals surface area contributed by atoms with Crippen LogP contribution < -0.4 is 0 Å². The van der Waals surface area contributed by atoms with E-state index < -0.39 is 0 Å². The molecule has 1 unspecified atom stereocenters. The number of piperidine rings is 1. The normalized spacial score (nSPS) is 16.9. The lowest BCUT2D eigenvalue weighted by Gasteiger charge is -2.31. The van der Waals surface area contributed by atoms with Crippen LogP contribution in [-0.4, -0.2) is 34.0 Å². The predicted molar refractivity (Wildman–Crippen MR) is 103 cm³/mol. The molecule has 4 rings (SSSR count). The molecular weight excluding hydrogens is 357 g/mol. The van der Waals surface area contributed by atoms with Gasteiger partial charge in [-0.3, -0.25) is 4.79 Å². The van der Waals surface area contributed by atoms with Crippen molar-refractivity contribution in [2.75, 3.05) is 13.1 Å². The van der Waals surface area contributed by atoms with Gasteiger partial charge < -0.3 is 9.42 Å². The number of hydrogen-bond donors (Lipinski definition) is 0. The van der Waals surface area contributed by atoms with Crippen LogP contribution in [0, 0.1) is 5.82 Å². The van der Waals surface area contributed by atoms with Crippen molar-refractivity contribution in [2.24, 2.45) is 0 Å². The third-order valence-electron chi connectivity index (χ3n) is 5.21. The van der Waals surface area contributed by atoms with E-state index in [4.69, 9.17) is 4.52 Å². The molecule has 6 heteroatoms. The highest BCUT2D eigenvalue weighted by atomic mass is 19.1. The largest absolute Gasteiger partial charge is 0.339 e. The van der Waals surface area contributed by atoms with E-state index in [9.17, 15) is 9.18 Å². The summed E-state index contributed by atoms with van der Waals surface area (Å²) in [5, 5.41) is 4.03. The van der Waals surface area contributed by atoms with Crippen LogP contribution in [0.25, 0.3) is 11.4 Å². The first kappa shape index (κ1) is 18.3. The second-order valence-corrected chi connectivity index (χ2v) is 7.10. The van der Waals surface area contributed by atoms with E-state index in [1.165, 1.54) is 17.7 Å². The summed E-state index contributed by atoms with van der Waals surface area (Å²) in [6.45, 7) is 3.37. The second-order valence-electron chi connectivity index (χ2n) is 7.10. The minimum absolute atomic E-state index is 0.00862. The van der Waals surface area contributed by atoms with Crippen LogP contribution in [0.4, 0.5) is 4.39 Å². The first-order valence-corrected chi connectivity index (χ1v) is 9.62. The van der Waals surface area contributed by atoms with Gasteiger partial charge in [0, 0.05) is 24.2 Å². The zero-order valence-corrected chi connectivity index (χ0v) is 15.8. The number of carbonyl (C=O) groups excluding carboxylic acids is 1. The van der Waals surface area contributed by atoms with Crippen LogP contribution in [0.5, 0.6) is 0 Å². The fourth-order valence-corrected chi connectivity index (χ4v) is 3.55. The van der Waals surface area contributed by atoms with Gasteiger partial charge in [-0.2, -0.15) is 4.98 Å². The van der Waals surface area contributed by atoms with E-state index in [1.54, 1.807) is 12.1 Å². The molecule has 5 nitrogen and oxygen atoms in total. The summed E-state index contributed by atoms with van der Waals surface area (Å²) in [5.41, 5.74) is 2.62. The summed E-state index contributed by atoms with van der Waals surface area (Å²) < 4.78 is 18.6. The van der Waals surface area contributed by atoms with Crippen molar-refractivity contribution in [1.29, 1.82) is 0 Å². The molecule has 0 N–H and O–H groups in total. The molecule has 1 saturated heterocycles. The Labute approximate surface area is 163 Å². The molecule has 1 fully saturated rings. The van der Waals surface area contributed by atoms with Gasteiger partial charge in [0.1, 0.15) is 5.82 Å². The van der Waals surface area contributed by atoms with Gasteiger partial charge in [-0.05, 0) is 61.2 Å². The SMILES string of the molecule is CCc1ccc(C(=O)N2CCCC(c3nc(-c4ccc(F)cc4)no3)C2)cc1. The zero-order valence-electron chi connectivity index (χ0n) is 15.8. The molecule has 1 atom stereocenters. The number of aromatic nitrogens is 2. The highest BCUT2D eigenvalue weighted by Crippen LogP contribution is 2.28. The third kappa shape index (κ3) is 3.81. The lowest BCUT2D eigenvalue weighted by atomic mass is 9.97. The molecule has 3 aromatic rings. The quantitative estimate of drug-likeness (QED) is 0.672. The average molecular weight is 379 g/mol. The van der Waals surface area contributed by atoms with Crippen LogP contribution in [-0.2, 0) is 6.42 Å². The summed E-state index contributed by atoms with van der Waals surface area (Å²) >= 11 is 0. The first-order chi connectivity index (χ1) is 13.6. The Morgan fingerprint density at radius 3 is 2.64 bits per heavy atom. The Kier molecular flexibility index (Phi) is 5.19. The fraction of sp³-hybridized carbons (Fsp3) is 0.318. The molecule has 1 aromatic heterocycles. The maximum atomic E-state index is 13.1. The van der Waals surface area contributed by atoms with Crippen LogP contribution in [0.15, 0.2) is 53.1 Å². The smallest absolute Gasteiger partial charge is 0.253 e. The molecule has 0 saturated carbocycles. The van der Waals surface area contributed by atoms with E-state index in [1.807, 2.05) is 29.2 Å². The highest BCUT2D eigenvalue weighted by molar-refractivity contribution is 5.94. The van der Waals surface area contributed by atoms with Gasteiger partial charge in [0.25, 0.3) is 5.91 Å². The minimum Gasteiger partial charge on any atom is -0.339 e. The Morgan fingerprint density at radius 1 is 1.18 bits per heavy atom. The average Bonchev–Trinajstić information content (AvgIpc) is 3.24. The predicted octanol–water partition coefficient (Wildman–Crippen LogP) is 4.46. The van der Waals surface area contributed by atoms with E-state index >= 15 is 0 Å². The molecule has 0 radical (unpaired) electrons. The van der Waals surface area contributed by atoms with Crippen molar-refractivity contribution in [2.45, 2.75) is 32.1 Å². The molecule has 0 aliphatic carbocycles. The van der Waals surface area contributed by atoms with Gasteiger partial charge in [-0.1, -0.05) is 24.2 Å². The number of hydrogen-bond acceptors (Lipinski definition) is 4. The standard InChI is InChI=1S/C22H22FN3O2/c1-2-15-5-7-17(8-6-15)22(27)26-13-3-4-18(14-26)21-24-20(25-28-21)16-9-11-19(23)12-10-16/h5-12,18H,2-4,13-14H2,1H3. The van der Waals surface area contributed by atoms with Gasteiger partial charge >= 0.3 is 0 Å². The van der Waals surface area contributed by atoms with E-state index in [0.717, 1.165) is 25.8 Å². The summed E-state index contributed by atoms with van der Waals surface area (Å²) in [7, 11) is 0. The lowest BCUT2D eigenvalue weighted by Crippen LogP contribution is -2.39. The molecule has 2 aromatic carbocycles. The molecule has 1 aliphatic rings. The molecule has 144 valence electrons. The second kappa shape index (κ2) is 7.92. The van der Waals surface area contributed by atoms with Gasteiger partial charge in [0.2, 0.25) is 11.7 Å². The van der Waals surface area contributed by atoms with Gasteiger partial charge in [-0.25, -0.2) is 4.39 Å². The number of halogens is 1. The maximum Gasteiger partial charge on any atom is 0.253 e. The Balaban J connectivity index is 1.47. The van der Waals surface area contributed by atoms with Crippen molar-refractivity contribution >= 4 is 5.91 Å². The molecular formula is C22H22FN3O2. The molecule has 0 bridgehead atoms. The van der Waals surface area contributed by atoms with Crippen molar-refractivity contribution in [1.82, 2.24) is 15.0 Å². The van der Waals surface area contributed by atoms with Crippen molar-refractivity contribution < 1.29 is 13.7 Å². The Hall–Kier alpha value is -3.02. The molecule has 2 heterocycles. The summed E-state index contributed by atoms with van der Waals surface area (Å²) in [6.07, 6.45) is 2.73. The molecule has 1 aliphatic heterocycles. The van der Waals surface area contributed by atoms with Gasteiger partial charge in [-0.15, -0.1) is 0 Å². The summed E-state index contributed by atoms with van der Waals surface area (Å²) in [5.74, 6) is 0.701. The number of carbonyl (C=O) groups is 1. The monoisotopic (exact) mass is 379 g/mol. The van der Waals surface area contributed by atoms with Crippen LogP contribution >= 0.6 is 0 Å². The number of rotatable bonds is 4. The fourth-order valence-electron chi connectivity index (χ4n) is 3.55. The van der Waals surface area contributed by atoms with E-state index in [-0.39, 0.29) is 17.6 Å². The van der Waals surface area contributed by atoms with E-state index in [2.05, 4.69) is 17.1 Å². The molecule has 1 amide bonds. The van der Waals surface area contributed by atoms with Gasteiger partial charge in [0.05, 0.1) is 5.92 Å². The van der Waals surface area contributed by atoms with Crippen LogP contribution in [0.3, 0.4) is 0 Å². The topological polar surface area (TPSA) is 59.2 Å². The first-order valence-electron chi connectivity index (χ1n) is 9.62. The lowest BCUT2D eigenvalue weighted by molar-refractivity contribution is 0.0695. The van der Waals surface area contributed by atoms with Crippen LogP contribution in [0.1, 0.15) is 47.5 Å². The maximum absolute atomic E-state index is 13.1.